The van der Waals surface area contributed by atoms with Gasteiger partial charge in [0.25, 0.3) is 0 Å². The minimum atomic E-state index is -0.0730. The quantitative estimate of drug-likeness (QED) is 0.166. The summed E-state index contributed by atoms with van der Waals surface area (Å²) >= 11 is 0. The Morgan fingerprint density at radius 2 is 0.769 bits per heavy atom. The second-order valence-corrected chi connectivity index (χ2v) is 14.6. The van der Waals surface area contributed by atoms with Crippen LogP contribution in [0.15, 0.2) is 164 Å². The van der Waals surface area contributed by atoms with E-state index >= 15 is 0 Å². The van der Waals surface area contributed by atoms with Crippen molar-refractivity contribution in [3.05, 3.63) is 175 Å². The van der Waals surface area contributed by atoms with Crippen molar-refractivity contribution < 1.29 is 4.74 Å². The molecule has 0 aromatic heterocycles. The van der Waals surface area contributed by atoms with Crippen molar-refractivity contribution in [2.45, 2.75) is 26.2 Å². The van der Waals surface area contributed by atoms with Crippen LogP contribution in [-0.4, -0.2) is 6.61 Å². The van der Waals surface area contributed by atoms with Gasteiger partial charge in [0.1, 0.15) is 5.75 Å². The summed E-state index contributed by atoms with van der Waals surface area (Å²) in [5.41, 5.74) is 13.0. The summed E-state index contributed by atoms with van der Waals surface area (Å²) in [6.45, 7) is 7.42. The Morgan fingerprint density at radius 3 is 1.25 bits per heavy atom. The van der Waals surface area contributed by atoms with E-state index in [-0.39, 0.29) is 5.41 Å². The molecule has 0 N–H and O–H groups in total. The van der Waals surface area contributed by atoms with Gasteiger partial charge in [-0.2, -0.15) is 0 Å². The van der Waals surface area contributed by atoms with Gasteiger partial charge in [-0.1, -0.05) is 159 Å². The summed E-state index contributed by atoms with van der Waals surface area (Å²) in [6.07, 6.45) is 0. The molecule has 0 atom stereocenters. The van der Waals surface area contributed by atoms with Gasteiger partial charge in [-0.3, -0.25) is 0 Å². The number of benzene rings is 9. The van der Waals surface area contributed by atoms with Crippen LogP contribution in [0.2, 0.25) is 0 Å². The van der Waals surface area contributed by atoms with E-state index in [0.29, 0.717) is 6.61 Å². The highest BCUT2D eigenvalue weighted by atomic mass is 16.5. The molecule has 0 fully saturated rings. The van der Waals surface area contributed by atoms with Crippen LogP contribution in [0.4, 0.5) is 0 Å². The zero-order valence-corrected chi connectivity index (χ0v) is 29.7. The number of hydrogen-bond donors (Lipinski definition) is 0. The predicted octanol–water partition coefficient (Wildman–Crippen LogP) is 14.0. The lowest BCUT2D eigenvalue weighted by Gasteiger charge is -2.24. The molecule has 0 spiro atoms. The first-order chi connectivity index (χ1) is 25.5. The first-order valence-corrected chi connectivity index (χ1v) is 18.4. The predicted molar refractivity (Wildman–Crippen MR) is 222 cm³/mol. The average molecular weight is 667 g/mol. The molecule has 9 aromatic rings. The summed E-state index contributed by atoms with van der Waals surface area (Å²) < 4.78 is 5.82. The topological polar surface area (TPSA) is 9.23 Å². The number of hydrogen-bond acceptors (Lipinski definition) is 1. The Bertz CT molecular complexity index is 2760. The van der Waals surface area contributed by atoms with Crippen molar-refractivity contribution in [1.29, 1.82) is 0 Å². The van der Waals surface area contributed by atoms with E-state index < -0.39 is 0 Å². The lowest BCUT2D eigenvalue weighted by molar-refractivity contribution is 0.340. The third kappa shape index (κ3) is 4.42. The van der Waals surface area contributed by atoms with Gasteiger partial charge in [0.15, 0.2) is 0 Å². The molecule has 9 aromatic carbocycles. The Hall–Kier alpha value is -6.18. The minimum Gasteiger partial charge on any atom is -0.494 e. The van der Waals surface area contributed by atoms with Crippen molar-refractivity contribution in [2.75, 3.05) is 6.61 Å². The van der Waals surface area contributed by atoms with Crippen LogP contribution in [0.3, 0.4) is 0 Å². The highest BCUT2D eigenvalue weighted by molar-refractivity contribution is 6.30. The molecular weight excluding hydrogens is 629 g/mol. The van der Waals surface area contributed by atoms with Gasteiger partial charge < -0.3 is 4.74 Å². The molecule has 0 amide bonds. The zero-order chi connectivity index (χ0) is 35.0. The molecule has 1 aliphatic carbocycles. The Morgan fingerprint density at radius 1 is 0.385 bits per heavy atom. The van der Waals surface area contributed by atoms with E-state index in [1.165, 1.54) is 98.7 Å². The van der Waals surface area contributed by atoms with Crippen LogP contribution >= 0.6 is 0 Å². The smallest absolute Gasteiger partial charge is 0.119 e. The zero-order valence-electron chi connectivity index (χ0n) is 29.7. The average Bonchev–Trinajstić information content (AvgIpc) is 3.42. The maximum atomic E-state index is 5.82. The van der Waals surface area contributed by atoms with Crippen LogP contribution in [0, 0.1) is 0 Å². The van der Waals surface area contributed by atoms with E-state index in [4.69, 9.17) is 4.74 Å². The maximum absolute atomic E-state index is 5.82. The minimum absolute atomic E-state index is 0.0730. The summed E-state index contributed by atoms with van der Waals surface area (Å²) in [5, 5.41) is 10.1. The Balaban J connectivity index is 1.29. The molecule has 0 saturated carbocycles. The van der Waals surface area contributed by atoms with Crippen LogP contribution in [0.5, 0.6) is 5.75 Å². The van der Waals surface area contributed by atoms with Crippen molar-refractivity contribution >= 4 is 43.1 Å². The van der Waals surface area contributed by atoms with Crippen molar-refractivity contribution in [1.82, 2.24) is 0 Å². The maximum Gasteiger partial charge on any atom is 0.119 e. The van der Waals surface area contributed by atoms with Crippen molar-refractivity contribution in [3.8, 4) is 50.3 Å². The fourth-order valence-electron chi connectivity index (χ4n) is 9.16. The van der Waals surface area contributed by atoms with E-state index in [1.54, 1.807) is 0 Å². The standard InChI is InChI=1S/C51H38O/c1-4-52-34-28-25-32(26-29-34)47-37-16-5-9-20-41(37)49(42-21-10-6-17-38(42)47)50-43-22-11-7-18-39(43)48(40-19-8-12-23-44(40)50)33-27-30-36-35-15-13-14-24-45(35)51(2,3)46(36)31-33/h5-31H,4H2,1-3H3. The molecule has 1 aliphatic rings. The molecular formula is C51H38O. The third-order valence-electron chi connectivity index (χ3n) is 11.4. The van der Waals surface area contributed by atoms with Crippen LogP contribution < -0.4 is 4.74 Å². The molecule has 0 aliphatic heterocycles. The number of ether oxygens (including phenoxy) is 1. The third-order valence-corrected chi connectivity index (χ3v) is 11.4. The van der Waals surface area contributed by atoms with Crippen molar-refractivity contribution in [3.63, 3.8) is 0 Å². The van der Waals surface area contributed by atoms with Gasteiger partial charge >= 0.3 is 0 Å². The van der Waals surface area contributed by atoms with Crippen molar-refractivity contribution in [2.24, 2.45) is 0 Å². The first kappa shape index (κ1) is 30.6. The molecule has 52 heavy (non-hydrogen) atoms. The van der Waals surface area contributed by atoms with Gasteiger partial charge in [0, 0.05) is 5.41 Å². The van der Waals surface area contributed by atoms with E-state index in [9.17, 15) is 0 Å². The summed E-state index contributed by atoms with van der Waals surface area (Å²) in [6, 6.07) is 60.7. The fourth-order valence-corrected chi connectivity index (χ4v) is 9.16. The lowest BCUT2D eigenvalue weighted by atomic mass is 9.79. The summed E-state index contributed by atoms with van der Waals surface area (Å²) in [5.74, 6) is 0.894. The summed E-state index contributed by atoms with van der Waals surface area (Å²) in [7, 11) is 0. The monoisotopic (exact) mass is 666 g/mol. The SMILES string of the molecule is CCOc1ccc(-c2c3ccccc3c(-c3c4ccccc4c(-c4ccc5c(c4)C(C)(C)c4ccccc4-5)c4ccccc34)c3ccccc23)cc1. The molecule has 248 valence electrons. The molecule has 10 rings (SSSR count). The first-order valence-electron chi connectivity index (χ1n) is 18.4. The van der Waals surface area contributed by atoms with Crippen LogP contribution in [-0.2, 0) is 5.41 Å². The van der Waals surface area contributed by atoms with E-state index in [0.717, 1.165) is 5.75 Å². The molecule has 0 radical (unpaired) electrons. The molecule has 0 heterocycles. The van der Waals surface area contributed by atoms with Gasteiger partial charge in [0.2, 0.25) is 0 Å². The number of rotatable bonds is 5. The lowest BCUT2D eigenvalue weighted by Crippen LogP contribution is -2.14. The van der Waals surface area contributed by atoms with E-state index in [2.05, 4.69) is 178 Å². The molecule has 0 bridgehead atoms. The van der Waals surface area contributed by atoms with Gasteiger partial charge in [0.05, 0.1) is 6.61 Å². The summed E-state index contributed by atoms with van der Waals surface area (Å²) in [4.78, 5) is 0. The number of fused-ring (bicyclic) bond motifs is 7. The van der Waals surface area contributed by atoms with Gasteiger partial charge in [-0.25, -0.2) is 0 Å². The second-order valence-electron chi connectivity index (χ2n) is 14.6. The van der Waals surface area contributed by atoms with Crippen LogP contribution in [0.1, 0.15) is 31.9 Å². The molecule has 0 saturated heterocycles. The molecule has 0 unspecified atom stereocenters. The molecule has 1 heteroatoms. The normalized spacial score (nSPS) is 13.1. The van der Waals surface area contributed by atoms with Crippen LogP contribution in [0.25, 0.3) is 87.6 Å². The Kier molecular flexibility index (Phi) is 6.88. The van der Waals surface area contributed by atoms with E-state index in [1.807, 2.05) is 6.92 Å². The second kappa shape index (κ2) is 11.7. The Labute approximate surface area is 304 Å². The highest BCUT2D eigenvalue weighted by Gasteiger charge is 2.35. The highest BCUT2D eigenvalue weighted by Crippen LogP contribution is 2.53. The largest absolute Gasteiger partial charge is 0.494 e. The fraction of sp³-hybridized carbons (Fsp3) is 0.0980. The molecule has 1 nitrogen and oxygen atoms in total. The van der Waals surface area contributed by atoms with Gasteiger partial charge in [-0.15, -0.1) is 0 Å². The van der Waals surface area contributed by atoms with Gasteiger partial charge in [-0.05, 0) is 124 Å².